The van der Waals surface area contributed by atoms with Crippen molar-refractivity contribution in [2.75, 3.05) is 6.54 Å². The van der Waals surface area contributed by atoms with Crippen molar-refractivity contribution in [3.05, 3.63) is 35.9 Å². The van der Waals surface area contributed by atoms with Crippen LogP contribution < -0.4 is 5.32 Å². The number of ether oxygens (including phenoxy) is 1. The summed E-state index contributed by atoms with van der Waals surface area (Å²) in [6.45, 7) is -0.310. The number of rotatable bonds is 7. The summed E-state index contributed by atoms with van der Waals surface area (Å²) in [5.41, 5.74) is 0.747. The van der Waals surface area contributed by atoms with E-state index in [-0.39, 0.29) is 13.2 Å². The van der Waals surface area contributed by atoms with Crippen LogP contribution in [-0.4, -0.2) is 29.9 Å². The Morgan fingerprint density at radius 2 is 1.86 bits per heavy atom. The molecule has 22 heavy (non-hydrogen) atoms. The summed E-state index contributed by atoms with van der Waals surface area (Å²) in [6.07, 6.45) is -7.01. The van der Waals surface area contributed by atoms with E-state index in [1.165, 1.54) is 0 Å². The molecule has 1 amide bonds. The van der Waals surface area contributed by atoms with Gasteiger partial charge in [0.2, 0.25) is 0 Å². The van der Waals surface area contributed by atoms with Gasteiger partial charge in [0.15, 0.2) is 0 Å². The van der Waals surface area contributed by atoms with Crippen LogP contribution in [0.3, 0.4) is 0 Å². The first-order chi connectivity index (χ1) is 10.3. The van der Waals surface area contributed by atoms with E-state index in [0.717, 1.165) is 5.56 Å². The molecule has 0 spiro atoms. The average molecular weight is 319 g/mol. The second-order valence-corrected chi connectivity index (χ2v) is 4.61. The molecule has 2 N–H and O–H groups in total. The van der Waals surface area contributed by atoms with E-state index in [2.05, 4.69) is 5.32 Å². The summed E-state index contributed by atoms with van der Waals surface area (Å²) in [5, 5.41) is 10.6. The Morgan fingerprint density at radius 1 is 1.23 bits per heavy atom. The molecule has 0 radical (unpaired) electrons. The molecule has 0 aliphatic carbocycles. The van der Waals surface area contributed by atoms with Gasteiger partial charge in [-0.15, -0.1) is 0 Å². The topological polar surface area (TPSA) is 75.6 Å². The molecule has 1 atom stereocenters. The number of amides is 1. The molecule has 0 aromatic heterocycles. The zero-order valence-electron chi connectivity index (χ0n) is 11.6. The van der Waals surface area contributed by atoms with Gasteiger partial charge in [-0.25, -0.2) is 4.79 Å². The average Bonchev–Trinajstić information content (AvgIpc) is 2.44. The lowest BCUT2D eigenvalue weighted by atomic mass is 10.0. The van der Waals surface area contributed by atoms with Crippen LogP contribution in [0.2, 0.25) is 0 Å². The summed E-state index contributed by atoms with van der Waals surface area (Å²) in [6, 6.07) is 8.79. The lowest BCUT2D eigenvalue weighted by Crippen LogP contribution is -2.32. The maximum Gasteiger partial charge on any atom is 0.407 e. The van der Waals surface area contributed by atoms with E-state index in [4.69, 9.17) is 9.84 Å². The van der Waals surface area contributed by atoms with Crippen molar-refractivity contribution >= 4 is 12.1 Å². The van der Waals surface area contributed by atoms with Gasteiger partial charge in [-0.2, -0.15) is 13.2 Å². The first kappa shape index (κ1) is 17.8. The van der Waals surface area contributed by atoms with Gasteiger partial charge in [0.25, 0.3) is 0 Å². The normalized spacial score (nSPS) is 12.5. The Balaban J connectivity index is 2.32. The predicted molar refractivity (Wildman–Crippen MR) is 71.0 cm³/mol. The van der Waals surface area contributed by atoms with E-state index in [1.807, 2.05) is 0 Å². The third-order valence-corrected chi connectivity index (χ3v) is 2.86. The van der Waals surface area contributed by atoms with Crippen molar-refractivity contribution in [2.24, 2.45) is 5.92 Å². The van der Waals surface area contributed by atoms with E-state index in [9.17, 15) is 22.8 Å². The smallest absolute Gasteiger partial charge is 0.407 e. The highest BCUT2D eigenvalue weighted by Gasteiger charge is 2.40. The Labute approximate surface area is 125 Å². The van der Waals surface area contributed by atoms with Crippen LogP contribution >= 0.6 is 0 Å². The zero-order chi connectivity index (χ0) is 16.6. The lowest BCUT2D eigenvalue weighted by molar-refractivity contribution is -0.184. The molecular weight excluding hydrogens is 303 g/mol. The number of carboxylic acid groups (broad SMARTS) is 1. The number of carboxylic acids is 1. The van der Waals surface area contributed by atoms with Gasteiger partial charge in [-0.3, -0.25) is 4.79 Å². The summed E-state index contributed by atoms with van der Waals surface area (Å²) in [5.74, 6) is -3.53. The number of aliphatic carboxylic acids is 1. The molecule has 1 aromatic rings. The fraction of sp³-hybridized carbons (Fsp3) is 0.429. The molecule has 5 nitrogen and oxygen atoms in total. The van der Waals surface area contributed by atoms with Gasteiger partial charge in [0.1, 0.15) is 6.61 Å². The summed E-state index contributed by atoms with van der Waals surface area (Å²) in [4.78, 5) is 21.7. The van der Waals surface area contributed by atoms with Crippen LogP contribution in [0.25, 0.3) is 0 Å². The third kappa shape index (κ3) is 6.96. The number of hydrogen-bond acceptors (Lipinski definition) is 3. The standard InChI is InChI=1S/C14H16F3NO4/c15-14(16,17)11(8-12(19)20)6-7-18-13(21)22-9-10-4-2-1-3-5-10/h1-5,11H,6-9H2,(H,18,21)(H,19,20)/t11-/m1/s1. The third-order valence-electron chi connectivity index (χ3n) is 2.86. The molecule has 0 saturated heterocycles. The van der Waals surface area contributed by atoms with Gasteiger partial charge >= 0.3 is 18.2 Å². The lowest BCUT2D eigenvalue weighted by Gasteiger charge is -2.18. The van der Waals surface area contributed by atoms with Crippen molar-refractivity contribution < 1.29 is 32.6 Å². The monoisotopic (exact) mass is 319 g/mol. The quantitative estimate of drug-likeness (QED) is 0.810. The Bertz CT molecular complexity index is 491. The van der Waals surface area contributed by atoms with E-state index in [1.54, 1.807) is 30.3 Å². The molecule has 1 rings (SSSR count). The second-order valence-electron chi connectivity index (χ2n) is 4.61. The van der Waals surface area contributed by atoms with Gasteiger partial charge < -0.3 is 15.2 Å². The first-order valence-electron chi connectivity index (χ1n) is 6.52. The van der Waals surface area contributed by atoms with Gasteiger partial charge in [-0.05, 0) is 12.0 Å². The number of nitrogens with one attached hydrogen (secondary N) is 1. The Hall–Kier alpha value is -2.25. The number of carbonyl (C=O) groups excluding carboxylic acids is 1. The van der Waals surface area contributed by atoms with Crippen molar-refractivity contribution in [3.63, 3.8) is 0 Å². The van der Waals surface area contributed by atoms with Gasteiger partial charge in [0.05, 0.1) is 12.3 Å². The maximum absolute atomic E-state index is 12.6. The Kier molecular flexibility index (Phi) is 6.68. The zero-order valence-corrected chi connectivity index (χ0v) is 11.6. The Morgan fingerprint density at radius 3 is 2.41 bits per heavy atom. The largest absolute Gasteiger partial charge is 0.481 e. The van der Waals surface area contributed by atoms with Gasteiger partial charge in [0, 0.05) is 6.54 Å². The van der Waals surface area contributed by atoms with Crippen molar-refractivity contribution in [1.29, 1.82) is 0 Å². The van der Waals surface area contributed by atoms with E-state index in [0.29, 0.717) is 0 Å². The van der Waals surface area contributed by atoms with Crippen molar-refractivity contribution in [3.8, 4) is 0 Å². The molecule has 0 unspecified atom stereocenters. The molecule has 0 aliphatic rings. The van der Waals surface area contributed by atoms with Crippen LogP contribution in [0.1, 0.15) is 18.4 Å². The summed E-state index contributed by atoms with van der Waals surface area (Å²) in [7, 11) is 0. The molecule has 0 aliphatic heterocycles. The minimum atomic E-state index is -4.62. The molecule has 1 aromatic carbocycles. The van der Waals surface area contributed by atoms with Gasteiger partial charge in [-0.1, -0.05) is 30.3 Å². The number of alkyl halides is 3. The van der Waals surface area contributed by atoms with Crippen molar-refractivity contribution in [1.82, 2.24) is 5.32 Å². The van der Waals surface area contributed by atoms with Crippen LogP contribution in [0.4, 0.5) is 18.0 Å². The fourth-order valence-corrected chi connectivity index (χ4v) is 1.71. The first-order valence-corrected chi connectivity index (χ1v) is 6.52. The minimum Gasteiger partial charge on any atom is -0.481 e. The van der Waals surface area contributed by atoms with Crippen LogP contribution in [0.5, 0.6) is 0 Å². The predicted octanol–water partition coefficient (Wildman–Crippen LogP) is 2.96. The van der Waals surface area contributed by atoms with Crippen molar-refractivity contribution in [2.45, 2.75) is 25.6 Å². The van der Waals surface area contributed by atoms with Crippen LogP contribution in [0, 0.1) is 5.92 Å². The molecule has 122 valence electrons. The number of benzene rings is 1. The summed E-state index contributed by atoms with van der Waals surface area (Å²) < 4.78 is 42.5. The number of alkyl carbamates (subject to hydrolysis) is 1. The minimum absolute atomic E-state index is 0.00446. The second kappa shape index (κ2) is 8.26. The molecule has 0 fully saturated rings. The highest BCUT2D eigenvalue weighted by molar-refractivity contribution is 5.67. The molecular formula is C14H16F3NO4. The highest BCUT2D eigenvalue weighted by atomic mass is 19.4. The number of hydrogen-bond donors (Lipinski definition) is 2. The highest BCUT2D eigenvalue weighted by Crippen LogP contribution is 2.31. The number of carbonyl (C=O) groups is 2. The SMILES string of the molecule is O=C(O)C[C@@H](CCNC(=O)OCc1ccccc1)C(F)(F)F. The molecule has 0 bridgehead atoms. The van der Waals surface area contributed by atoms with E-state index < -0.39 is 37.0 Å². The molecule has 8 heteroatoms. The molecule has 0 heterocycles. The van der Waals surface area contributed by atoms with Crippen LogP contribution in [-0.2, 0) is 16.1 Å². The summed E-state index contributed by atoms with van der Waals surface area (Å²) >= 11 is 0. The van der Waals surface area contributed by atoms with E-state index >= 15 is 0 Å². The number of halogens is 3. The molecule has 0 saturated carbocycles. The van der Waals surface area contributed by atoms with Crippen LogP contribution in [0.15, 0.2) is 30.3 Å². The fourth-order valence-electron chi connectivity index (χ4n) is 1.71. The maximum atomic E-state index is 12.6.